The van der Waals surface area contributed by atoms with Crippen LogP contribution in [0.3, 0.4) is 0 Å². The Balaban J connectivity index is 2.07. The van der Waals surface area contributed by atoms with Crippen LogP contribution in [0.2, 0.25) is 5.02 Å². The zero-order chi connectivity index (χ0) is 16.1. The van der Waals surface area contributed by atoms with E-state index in [2.05, 4.69) is 5.32 Å². The summed E-state index contributed by atoms with van der Waals surface area (Å²) in [6, 6.07) is 12.6. The lowest BCUT2D eigenvalue weighted by Gasteiger charge is -2.17. The molecule has 2 aromatic carbocycles. The molecular formula is C16H13ClNO4-. The van der Waals surface area contributed by atoms with Crippen LogP contribution in [-0.2, 0) is 4.79 Å². The molecule has 1 N–H and O–H groups in total. The number of anilines is 1. The van der Waals surface area contributed by atoms with E-state index in [1.54, 1.807) is 43.3 Å². The number of para-hydroxylation sites is 1. The highest BCUT2D eigenvalue weighted by Gasteiger charge is 2.16. The number of hydrogen-bond acceptors (Lipinski definition) is 4. The molecule has 1 atom stereocenters. The van der Waals surface area contributed by atoms with Crippen LogP contribution in [0.4, 0.5) is 5.69 Å². The van der Waals surface area contributed by atoms with Crippen molar-refractivity contribution < 1.29 is 19.4 Å². The van der Waals surface area contributed by atoms with Gasteiger partial charge in [-0.05, 0) is 31.2 Å². The number of carboxylic acids is 1. The van der Waals surface area contributed by atoms with Gasteiger partial charge < -0.3 is 20.0 Å². The number of carboxylic acid groups (broad SMARTS) is 1. The Kier molecular flexibility index (Phi) is 5.01. The summed E-state index contributed by atoms with van der Waals surface area (Å²) >= 11 is 5.84. The van der Waals surface area contributed by atoms with Crippen LogP contribution in [0.25, 0.3) is 0 Å². The average Bonchev–Trinajstić information content (AvgIpc) is 2.47. The van der Waals surface area contributed by atoms with Crippen LogP contribution in [0.15, 0.2) is 48.5 Å². The minimum absolute atomic E-state index is 0.0918. The van der Waals surface area contributed by atoms with E-state index in [9.17, 15) is 14.7 Å². The Morgan fingerprint density at radius 1 is 1.18 bits per heavy atom. The molecule has 0 unspecified atom stereocenters. The largest absolute Gasteiger partial charge is 0.545 e. The van der Waals surface area contributed by atoms with Crippen molar-refractivity contribution in [2.24, 2.45) is 0 Å². The summed E-state index contributed by atoms with van der Waals surface area (Å²) in [7, 11) is 0. The first-order valence-corrected chi connectivity index (χ1v) is 6.88. The van der Waals surface area contributed by atoms with E-state index in [0.29, 0.717) is 10.8 Å². The van der Waals surface area contributed by atoms with Gasteiger partial charge in [-0.15, -0.1) is 0 Å². The maximum atomic E-state index is 12.1. The van der Waals surface area contributed by atoms with Gasteiger partial charge in [0.05, 0.1) is 5.97 Å². The Hall–Kier alpha value is -2.53. The van der Waals surface area contributed by atoms with E-state index < -0.39 is 18.0 Å². The van der Waals surface area contributed by atoms with Crippen molar-refractivity contribution >= 4 is 29.2 Å². The van der Waals surface area contributed by atoms with Crippen molar-refractivity contribution in [2.75, 3.05) is 5.32 Å². The van der Waals surface area contributed by atoms with Gasteiger partial charge in [0, 0.05) is 16.3 Å². The Morgan fingerprint density at radius 2 is 1.91 bits per heavy atom. The number of nitrogens with one attached hydrogen (secondary N) is 1. The molecule has 0 heterocycles. The fraction of sp³-hybridized carbons (Fsp3) is 0.125. The highest BCUT2D eigenvalue weighted by molar-refractivity contribution is 6.30. The molecule has 0 aliphatic heterocycles. The molecule has 0 spiro atoms. The third-order valence-electron chi connectivity index (χ3n) is 2.88. The maximum Gasteiger partial charge on any atom is 0.265 e. The van der Waals surface area contributed by atoms with Gasteiger partial charge >= 0.3 is 0 Å². The van der Waals surface area contributed by atoms with E-state index in [0.717, 1.165) is 0 Å². The number of hydrogen-bond donors (Lipinski definition) is 1. The molecule has 0 aliphatic carbocycles. The van der Waals surface area contributed by atoms with Crippen LogP contribution >= 0.6 is 11.6 Å². The zero-order valence-electron chi connectivity index (χ0n) is 11.7. The zero-order valence-corrected chi connectivity index (χ0v) is 12.5. The number of amides is 1. The summed E-state index contributed by atoms with van der Waals surface area (Å²) < 4.78 is 5.47. The second kappa shape index (κ2) is 6.95. The van der Waals surface area contributed by atoms with Crippen LogP contribution in [0.1, 0.15) is 17.3 Å². The van der Waals surface area contributed by atoms with E-state index in [4.69, 9.17) is 16.3 Å². The topological polar surface area (TPSA) is 78.5 Å². The van der Waals surface area contributed by atoms with Gasteiger partial charge in [0.15, 0.2) is 6.10 Å². The molecule has 1 amide bonds. The van der Waals surface area contributed by atoms with Crippen LogP contribution in [-0.4, -0.2) is 18.0 Å². The maximum absolute atomic E-state index is 12.1. The summed E-state index contributed by atoms with van der Waals surface area (Å²) in [5.41, 5.74) is 0.0693. The number of carbonyl (C=O) groups excluding carboxylic acids is 2. The minimum Gasteiger partial charge on any atom is -0.545 e. The van der Waals surface area contributed by atoms with Crippen LogP contribution in [0, 0.1) is 0 Å². The molecule has 0 aliphatic rings. The molecule has 0 aromatic heterocycles. The third-order valence-corrected chi connectivity index (χ3v) is 3.12. The van der Waals surface area contributed by atoms with Gasteiger partial charge in [0.25, 0.3) is 5.91 Å². The molecule has 114 valence electrons. The molecule has 2 rings (SSSR count). The predicted molar refractivity (Wildman–Crippen MR) is 80.9 cm³/mol. The lowest BCUT2D eigenvalue weighted by atomic mass is 10.1. The molecule has 0 saturated carbocycles. The molecule has 22 heavy (non-hydrogen) atoms. The quantitative estimate of drug-likeness (QED) is 0.915. The van der Waals surface area contributed by atoms with E-state index in [1.807, 2.05) is 0 Å². The van der Waals surface area contributed by atoms with Gasteiger partial charge in [-0.2, -0.15) is 0 Å². The SMILES string of the molecule is C[C@H](Oc1cccc(Cl)c1)C(=O)Nc1ccccc1C(=O)[O-]. The van der Waals surface area contributed by atoms with Gasteiger partial charge in [-0.1, -0.05) is 35.9 Å². The van der Waals surface area contributed by atoms with Crippen molar-refractivity contribution in [1.29, 1.82) is 0 Å². The Morgan fingerprint density at radius 3 is 2.59 bits per heavy atom. The first-order valence-electron chi connectivity index (χ1n) is 6.51. The summed E-state index contributed by atoms with van der Waals surface area (Å²) in [6.07, 6.45) is -0.826. The highest BCUT2D eigenvalue weighted by Crippen LogP contribution is 2.19. The van der Waals surface area contributed by atoms with Gasteiger partial charge in [-0.25, -0.2) is 0 Å². The predicted octanol–water partition coefficient (Wildman–Crippen LogP) is 2.11. The molecule has 0 fully saturated rings. The second-order valence-corrected chi connectivity index (χ2v) is 4.98. The van der Waals surface area contributed by atoms with E-state index in [-0.39, 0.29) is 11.3 Å². The monoisotopic (exact) mass is 318 g/mol. The number of aromatic carboxylic acids is 1. The van der Waals surface area contributed by atoms with Gasteiger partial charge in [-0.3, -0.25) is 4.79 Å². The number of rotatable bonds is 5. The van der Waals surface area contributed by atoms with Crippen LogP contribution < -0.4 is 15.2 Å². The number of carbonyl (C=O) groups is 2. The molecule has 0 saturated heterocycles. The lowest BCUT2D eigenvalue weighted by Crippen LogP contribution is -2.32. The van der Waals surface area contributed by atoms with E-state index in [1.165, 1.54) is 12.1 Å². The summed E-state index contributed by atoms with van der Waals surface area (Å²) in [5.74, 6) is -1.39. The minimum atomic E-state index is -1.36. The smallest absolute Gasteiger partial charge is 0.265 e. The average molecular weight is 319 g/mol. The van der Waals surface area contributed by atoms with Gasteiger partial charge in [0.2, 0.25) is 0 Å². The van der Waals surface area contributed by atoms with Crippen molar-refractivity contribution in [3.8, 4) is 5.75 Å². The van der Waals surface area contributed by atoms with Crippen molar-refractivity contribution in [1.82, 2.24) is 0 Å². The molecule has 5 nitrogen and oxygen atoms in total. The van der Waals surface area contributed by atoms with E-state index >= 15 is 0 Å². The highest BCUT2D eigenvalue weighted by atomic mass is 35.5. The third kappa shape index (κ3) is 3.99. The van der Waals surface area contributed by atoms with Crippen molar-refractivity contribution in [2.45, 2.75) is 13.0 Å². The Labute approximate surface area is 132 Å². The normalized spacial score (nSPS) is 11.5. The molecular weight excluding hydrogens is 306 g/mol. The summed E-state index contributed by atoms with van der Waals surface area (Å²) in [6.45, 7) is 1.55. The first kappa shape index (κ1) is 15.9. The fourth-order valence-corrected chi connectivity index (χ4v) is 1.98. The summed E-state index contributed by atoms with van der Waals surface area (Å²) in [4.78, 5) is 23.1. The lowest BCUT2D eigenvalue weighted by molar-refractivity contribution is -0.254. The summed E-state index contributed by atoms with van der Waals surface area (Å²) in [5, 5.41) is 14.0. The van der Waals surface area contributed by atoms with Crippen molar-refractivity contribution in [3.63, 3.8) is 0 Å². The second-order valence-electron chi connectivity index (χ2n) is 4.54. The van der Waals surface area contributed by atoms with Crippen LogP contribution in [0.5, 0.6) is 5.75 Å². The Bertz CT molecular complexity index is 702. The van der Waals surface area contributed by atoms with Gasteiger partial charge in [0.1, 0.15) is 5.75 Å². The number of halogens is 1. The standard InChI is InChI=1S/C16H14ClNO4/c1-10(22-12-6-4-5-11(17)9-12)15(19)18-14-8-3-2-7-13(14)16(20)21/h2-10H,1H3,(H,18,19)(H,20,21)/p-1/t10-/m0/s1. The molecule has 6 heteroatoms. The number of benzene rings is 2. The molecule has 0 radical (unpaired) electrons. The molecule has 2 aromatic rings. The molecule has 0 bridgehead atoms. The van der Waals surface area contributed by atoms with Crippen molar-refractivity contribution in [3.05, 3.63) is 59.1 Å². The first-order chi connectivity index (χ1) is 10.5. The number of ether oxygens (including phenoxy) is 1. The fourth-order valence-electron chi connectivity index (χ4n) is 1.80.